The van der Waals surface area contributed by atoms with Crippen molar-refractivity contribution in [3.05, 3.63) is 59.1 Å². The van der Waals surface area contributed by atoms with Gasteiger partial charge in [-0.05, 0) is 36.2 Å². The Hall–Kier alpha value is -3.13. The highest BCUT2D eigenvalue weighted by atomic mass is 35.5. The molecule has 1 aromatic carbocycles. The van der Waals surface area contributed by atoms with Crippen LogP contribution in [-0.2, 0) is 16.9 Å². The highest BCUT2D eigenvalue weighted by molar-refractivity contribution is 6.30. The van der Waals surface area contributed by atoms with Gasteiger partial charge >= 0.3 is 6.03 Å². The van der Waals surface area contributed by atoms with Crippen LogP contribution in [0.3, 0.4) is 0 Å². The van der Waals surface area contributed by atoms with Crippen molar-refractivity contribution >= 4 is 23.5 Å². The van der Waals surface area contributed by atoms with Gasteiger partial charge in [-0.15, -0.1) is 0 Å². The molecule has 27 heavy (non-hydrogen) atoms. The number of rotatable bonds is 5. The molecule has 1 N–H and O–H groups in total. The van der Waals surface area contributed by atoms with E-state index in [0.29, 0.717) is 22.8 Å². The van der Waals surface area contributed by atoms with Gasteiger partial charge in [0.15, 0.2) is 5.76 Å². The number of hydrogen-bond donors (Lipinski definition) is 1. The SMILES string of the molecule is CC[C@]1(c2ccc(Cl)cc2)NC(=O)N(Cc2nc(-c3ccco3)no2)C1=O. The van der Waals surface area contributed by atoms with E-state index in [9.17, 15) is 9.59 Å². The summed E-state index contributed by atoms with van der Waals surface area (Å²) in [6.07, 6.45) is 1.88. The van der Waals surface area contributed by atoms with E-state index in [-0.39, 0.29) is 24.2 Å². The zero-order chi connectivity index (χ0) is 19.0. The Labute approximate surface area is 159 Å². The molecule has 1 saturated heterocycles. The van der Waals surface area contributed by atoms with Gasteiger partial charge in [0.25, 0.3) is 5.91 Å². The predicted molar refractivity (Wildman–Crippen MR) is 94.5 cm³/mol. The van der Waals surface area contributed by atoms with Gasteiger partial charge in [0.2, 0.25) is 11.7 Å². The number of carbonyl (C=O) groups excluding carboxylic acids is 2. The zero-order valence-electron chi connectivity index (χ0n) is 14.3. The van der Waals surface area contributed by atoms with Crippen LogP contribution < -0.4 is 5.32 Å². The number of nitrogens with one attached hydrogen (secondary N) is 1. The Morgan fingerprint density at radius 2 is 2.00 bits per heavy atom. The molecule has 3 amide bonds. The first kappa shape index (κ1) is 17.3. The molecule has 3 heterocycles. The van der Waals surface area contributed by atoms with E-state index in [1.54, 1.807) is 36.4 Å². The van der Waals surface area contributed by atoms with Crippen LogP contribution in [0.1, 0.15) is 24.8 Å². The number of amides is 3. The molecule has 0 unspecified atom stereocenters. The number of aromatic nitrogens is 2. The maximum absolute atomic E-state index is 13.1. The second kappa shape index (κ2) is 6.55. The topological polar surface area (TPSA) is 101 Å². The fourth-order valence-corrected chi connectivity index (χ4v) is 3.23. The summed E-state index contributed by atoms with van der Waals surface area (Å²) >= 11 is 5.93. The minimum Gasteiger partial charge on any atom is -0.461 e. The number of hydrogen-bond acceptors (Lipinski definition) is 6. The molecule has 0 bridgehead atoms. The number of urea groups is 1. The third kappa shape index (κ3) is 2.87. The molecule has 0 aliphatic carbocycles. The molecule has 0 spiro atoms. The van der Waals surface area contributed by atoms with Crippen LogP contribution in [0.25, 0.3) is 11.6 Å². The van der Waals surface area contributed by atoms with Gasteiger partial charge in [-0.25, -0.2) is 4.79 Å². The first-order valence-electron chi connectivity index (χ1n) is 8.30. The number of imide groups is 1. The number of halogens is 1. The molecule has 2 aromatic heterocycles. The average Bonchev–Trinajstić information content (AvgIpc) is 3.39. The maximum Gasteiger partial charge on any atom is 0.325 e. The molecule has 9 heteroatoms. The minimum absolute atomic E-state index is 0.131. The van der Waals surface area contributed by atoms with Crippen LogP contribution in [0, 0.1) is 0 Å². The van der Waals surface area contributed by atoms with E-state index in [1.807, 2.05) is 6.92 Å². The van der Waals surface area contributed by atoms with Gasteiger partial charge in [0, 0.05) is 5.02 Å². The van der Waals surface area contributed by atoms with Gasteiger partial charge in [-0.2, -0.15) is 4.98 Å². The molecule has 1 aliphatic heterocycles. The third-order valence-electron chi connectivity index (χ3n) is 4.55. The summed E-state index contributed by atoms with van der Waals surface area (Å²) in [4.78, 5) is 30.8. The van der Waals surface area contributed by atoms with Crippen LogP contribution in [-0.4, -0.2) is 27.0 Å². The molecule has 1 aliphatic rings. The van der Waals surface area contributed by atoms with Crippen molar-refractivity contribution < 1.29 is 18.5 Å². The minimum atomic E-state index is -1.15. The summed E-state index contributed by atoms with van der Waals surface area (Å²) in [5.41, 5.74) is -0.483. The van der Waals surface area contributed by atoms with Gasteiger partial charge in [-0.1, -0.05) is 35.8 Å². The van der Waals surface area contributed by atoms with Gasteiger partial charge in [-0.3, -0.25) is 9.69 Å². The van der Waals surface area contributed by atoms with Crippen LogP contribution in [0.5, 0.6) is 0 Å². The first-order valence-corrected chi connectivity index (χ1v) is 8.68. The second-order valence-corrected chi connectivity index (χ2v) is 6.51. The van der Waals surface area contributed by atoms with Crippen molar-refractivity contribution in [1.82, 2.24) is 20.4 Å². The molecule has 3 aromatic rings. The Morgan fingerprint density at radius 3 is 2.67 bits per heavy atom. The zero-order valence-corrected chi connectivity index (χ0v) is 15.1. The molecule has 0 saturated carbocycles. The molecule has 0 radical (unpaired) electrons. The van der Waals surface area contributed by atoms with Crippen molar-refractivity contribution in [3.8, 4) is 11.6 Å². The monoisotopic (exact) mass is 386 g/mol. The molecule has 1 atom stereocenters. The lowest BCUT2D eigenvalue weighted by Gasteiger charge is -2.25. The Balaban J connectivity index is 1.60. The standard InChI is InChI=1S/C18H15ClN4O4/c1-2-18(11-5-7-12(19)8-6-11)16(24)23(17(25)21-18)10-14-20-15(22-27-14)13-4-3-9-26-13/h3-9H,2,10H2,1H3,(H,21,25)/t18-/m1/s1. The van der Waals surface area contributed by atoms with Gasteiger partial charge in [0.1, 0.15) is 12.1 Å². The summed E-state index contributed by atoms with van der Waals surface area (Å²) in [5, 5.41) is 7.16. The Kier molecular flexibility index (Phi) is 4.19. The van der Waals surface area contributed by atoms with Crippen molar-refractivity contribution in [3.63, 3.8) is 0 Å². The Bertz CT molecular complexity index is 983. The van der Waals surface area contributed by atoms with E-state index >= 15 is 0 Å². The van der Waals surface area contributed by atoms with E-state index < -0.39 is 11.6 Å². The molecule has 4 rings (SSSR count). The average molecular weight is 387 g/mol. The lowest BCUT2D eigenvalue weighted by Crippen LogP contribution is -2.43. The van der Waals surface area contributed by atoms with Crippen molar-refractivity contribution in [2.75, 3.05) is 0 Å². The Morgan fingerprint density at radius 1 is 1.22 bits per heavy atom. The van der Waals surface area contributed by atoms with E-state index in [0.717, 1.165) is 4.90 Å². The molecule has 1 fully saturated rings. The van der Waals surface area contributed by atoms with Crippen molar-refractivity contribution in [2.45, 2.75) is 25.4 Å². The second-order valence-electron chi connectivity index (χ2n) is 6.08. The van der Waals surface area contributed by atoms with Crippen LogP contribution >= 0.6 is 11.6 Å². The van der Waals surface area contributed by atoms with E-state index in [4.69, 9.17) is 20.5 Å². The lowest BCUT2D eigenvalue weighted by molar-refractivity contribution is -0.132. The van der Waals surface area contributed by atoms with Crippen LogP contribution in [0.4, 0.5) is 4.79 Å². The molecule has 8 nitrogen and oxygen atoms in total. The summed E-state index contributed by atoms with van der Waals surface area (Å²) in [6.45, 7) is 1.70. The fourth-order valence-electron chi connectivity index (χ4n) is 3.10. The molecular weight excluding hydrogens is 372 g/mol. The number of furan rings is 1. The van der Waals surface area contributed by atoms with Gasteiger partial charge in [0.05, 0.1) is 6.26 Å². The van der Waals surface area contributed by atoms with E-state index in [2.05, 4.69) is 15.5 Å². The smallest absolute Gasteiger partial charge is 0.325 e. The largest absolute Gasteiger partial charge is 0.461 e. The van der Waals surface area contributed by atoms with E-state index in [1.165, 1.54) is 6.26 Å². The predicted octanol–water partition coefficient (Wildman–Crippen LogP) is 3.34. The third-order valence-corrected chi connectivity index (χ3v) is 4.80. The molecule has 138 valence electrons. The van der Waals surface area contributed by atoms with Crippen LogP contribution in [0.2, 0.25) is 5.02 Å². The maximum atomic E-state index is 13.1. The molecular formula is C18H15ClN4O4. The number of nitrogens with zero attached hydrogens (tertiary/aromatic N) is 3. The number of benzene rings is 1. The first-order chi connectivity index (χ1) is 13.0. The fraction of sp³-hybridized carbons (Fsp3) is 0.222. The normalized spacial score (nSPS) is 19.6. The highest BCUT2D eigenvalue weighted by Crippen LogP contribution is 2.33. The van der Waals surface area contributed by atoms with Crippen molar-refractivity contribution in [2.24, 2.45) is 0 Å². The summed E-state index contributed by atoms with van der Waals surface area (Å²) < 4.78 is 10.4. The van der Waals surface area contributed by atoms with Gasteiger partial charge < -0.3 is 14.3 Å². The summed E-state index contributed by atoms with van der Waals surface area (Å²) in [7, 11) is 0. The highest BCUT2D eigenvalue weighted by Gasteiger charge is 2.51. The van der Waals surface area contributed by atoms with Crippen molar-refractivity contribution in [1.29, 1.82) is 0 Å². The summed E-state index contributed by atoms with van der Waals surface area (Å²) in [6, 6.07) is 9.70. The quantitative estimate of drug-likeness (QED) is 0.675. The summed E-state index contributed by atoms with van der Waals surface area (Å²) in [5.74, 6) is 0.441. The van der Waals surface area contributed by atoms with Crippen LogP contribution in [0.15, 0.2) is 51.6 Å². The lowest BCUT2D eigenvalue weighted by atomic mass is 9.87. The number of carbonyl (C=O) groups is 2.